The number of H-pyrrole nitrogens is 1. The average Bonchev–Trinajstić information content (AvgIpc) is 3.02. The number of nitrogen functional groups attached to an aromatic ring is 1. The molecule has 3 N–H and O–H groups in total. The summed E-state index contributed by atoms with van der Waals surface area (Å²) in [7, 11) is 1.83. The summed E-state index contributed by atoms with van der Waals surface area (Å²) in [4.78, 5) is 18.9. The van der Waals surface area contributed by atoms with Crippen molar-refractivity contribution in [3.63, 3.8) is 0 Å². The summed E-state index contributed by atoms with van der Waals surface area (Å²) in [5.74, 6) is 0. The maximum Gasteiger partial charge on any atom is 0.324 e. The molecule has 1 unspecified atom stereocenters. The molecule has 1 aromatic carbocycles. The predicted molar refractivity (Wildman–Crippen MR) is 74.9 cm³/mol. The third kappa shape index (κ3) is 1.93. The van der Waals surface area contributed by atoms with E-state index < -0.39 is 0 Å². The summed E-state index contributed by atoms with van der Waals surface area (Å²) in [5, 5.41) is 0. The van der Waals surface area contributed by atoms with Gasteiger partial charge < -0.3 is 15.6 Å². The van der Waals surface area contributed by atoms with Crippen LogP contribution in [0.5, 0.6) is 0 Å². The summed E-state index contributed by atoms with van der Waals surface area (Å²) in [5.41, 5.74) is 8.37. The van der Waals surface area contributed by atoms with E-state index in [-0.39, 0.29) is 12.1 Å². The summed E-state index contributed by atoms with van der Waals surface area (Å²) in [6.07, 6.45) is 3.81. The number of aromatic amines is 1. The standard InChI is InChI=1S/C14H16N4O/c1-17-13(10-6-7-16-8-10)9-18(14(17)19)12-4-2-11(15)3-5-12/h2-8,13,16H,9,15H2,1H3. The van der Waals surface area contributed by atoms with Gasteiger partial charge in [-0.05, 0) is 35.9 Å². The van der Waals surface area contributed by atoms with Gasteiger partial charge in [-0.15, -0.1) is 0 Å². The first-order valence-electron chi connectivity index (χ1n) is 6.19. The van der Waals surface area contributed by atoms with Crippen LogP contribution in [0, 0.1) is 0 Å². The van der Waals surface area contributed by atoms with Crippen molar-refractivity contribution in [1.29, 1.82) is 0 Å². The van der Waals surface area contributed by atoms with Crippen LogP contribution in [0.3, 0.4) is 0 Å². The molecule has 2 amide bonds. The zero-order valence-electron chi connectivity index (χ0n) is 10.7. The van der Waals surface area contributed by atoms with Gasteiger partial charge in [0.15, 0.2) is 0 Å². The second-order valence-corrected chi connectivity index (χ2v) is 4.76. The van der Waals surface area contributed by atoms with Gasteiger partial charge in [0.1, 0.15) is 0 Å². The molecule has 0 aliphatic carbocycles. The largest absolute Gasteiger partial charge is 0.399 e. The van der Waals surface area contributed by atoms with Crippen LogP contribution in [-0.2, 0) is 0 Å². The Bertz CT molecular complexity index is 576. The van der Waals surface area contributed by atoms with Crippen LogP contribution >= 0.6 is 0 Å². The van der Waals surface area contributed by atoms with Crippen molar-refractivity contribution >= 4 is 17.4 Å². The molecule has 2 heterocycles. The van der Waals surface area contributed by atoms with Crippen LogP contribution in [0.4, 0.5) is 16.2 Å². The van der Waals surface area contributed by atoms with Crippen molar-refractivity contribution < 1.29 is 4.79 Å². The number of urea groups is 1. The maximum atomic E-state index is 12.3. The fourth-order valence-corrected chi connectivity index (χ4v) is 2.44. The lowest BCUT2D eigenvalue weighted by molar-refractivity contribution is 0.219. The normalized spacial score (nSPS) is 19.2. The van der Waals surface area contributed by atoms with Gasteiger partial charge in [0, 0.05) is 30.8 Å². The van der Waals surface area contributed by atoms with E-state index in [0.717, 1.165) is 11.3 Å². The number of hydrogen-bond donors (Lipinski definition) is 2. The smallest absolute Gasteiger partial charge is 0.324 e. The summed E-state index contributed by atoms with van der Waals surface area (Å²) in [6, 6.07) is 9.47. The maximum absolute atomic E-state index is 12.3. The average molecular weight is 256 g/mol. The van der Waals surface area contributed by atoms with Gasteiger partial charge in [-0.1, -0.05) is 0 Å². The fraction of sp³-hybridized carbons (Fsp3) is 0.214. The lowest BCUT2D eigenvalue weighted by Gasteiger charge is -2.16. The van der Waals surface area contributed by atoms with Crippen molar-refractivity contribution in [2.24, 2.45) is 0 Å². The molecule has 2 aromatic rings. The van der Waals surface area contributed by atoms with Gasteiger partial charge in [-0.3, -0.25) is 4.90 Å². The van der Waals surface area contributed by atoms with Crippen molar-refractivity contribution in [2.45, 2.75) is 6.04 Å². The first-order chi connectivity index (χ1) is 9.16. The molecular formula is C14H16N4O. The summed E-state index contributed by atoms with van der Waals surface area (Å²) >= 11 is 0. The number of carbonyl (C=O) groups is 1. The first kappa shape index (κ1) is 11.6. The minimum Gasteiger partial charge on any atom is -0.399 e. The minimum absolute atomic E-state index is 0.0102. The number of rotatable bonds is 2. The molecule has 5 heteroatoms. The second-order valence-electron chi connectivity index (χ2n) is 4.76. The number of aromatic nitrogens is 1. The van der Waals surface area contributed by atoms with Crippen LogP contribution in [0.2, 0.25) is 0 Å². The zero-order valence-corrected chi connectivity index (χ0v) is 10.7. The van der Waals surface area contributed by atoms with Crippen LogP contribution in [0.1, 0.15) is 11.6 Å². The number of likely N-dealkylation sites (N-methyl/N-ethyl adjacent to an activating group) is 1. The summed E-state index contributed by atoms with van der Waals surface area (Å²) in [6.45, 7) is 0.650. The molecule has 1 saturated heterocycles. The molecule has 0 spiro atoms. The highest BCUT2D eigenvalue weighted by Gasteiger charge is 2.36. The zero-order chi connectivity index (χ0) is 13.4. The molecule has 1 atom stereocenters. The Morgan fingerprint density at radius 2 is 2.00 bits per heavy atom. The van der Waals surface area contributed by atoms with Crippen LogP contribution < -0.4 is 10.6 Å². The fourth-order valence-electron chi connectivity index (χ4n) is 2.44. The quantitative estimate of drug-likeness (QED) is 0.809. The number of carbonyl (C=O) groups excluding carboxylic acids is 1. The molecule has 1 aromatic heterocycles. The molecule has 1 aliphatic rings. The number of anilines is 2. The highest BCUT2D eigenvalue weighted by Crippen LogP contribution is 2.31. The highest BCUT2D eigenvalue weighted by molar-refractivity contribution is 5.94. The number of amides is 2. The minimum atomic E-state index is 0.0102. The molecule has 0 bridgehead atoms. The molecule has 1 fully saturated rings. The molecule has 0 saturated carbocycles. The molecule has 19 heavy (non-hydrogen) atoms. The molecule has 1 aliphatic heterocycles. The van der Waals surface area contributed by atoms with Gasteiger partial charge in [-0.2, -0.15) is 0 Å². The highest BCUT2D eigenvalue weighted by atomic mass is 16.2. The topological polar surface area (TPSA) is 65.4 Å². The Morgan fingerprint density at radius 1 is 1.26 bits per heavy atom. The molecule has 98 valence electrons. The first-order valence-corrected chi connectivity index (χ1v) is 6.19. The Kier molecular flexibility index (Phi) is 2.67. The van der Waals surface area contributed by atoms with E-state index in [1.807, 2.05) is 49.8 Å². The van der Waals surface area contributed by atoms with Gasteiger partial charge in [0.25, 0.3) is 0 Å². The number of hydrogen-bond acceptors (Lipinski definition) is 2. The van der Waals surface area contributed by atoms with E-state index in [9.17, 15) is 4.79 Å². The van der Waals surface area contributed by atoms with E-state index in [4.69, 9.17) is 5.73 Å². The van der Waals surface area contributed by atoms with Crippen LogP contribution in [0.15, 0.2) is 42.7 Å². The van der Waals surface area contributed by atoms with Crippen LogP contribution in [-0.4, -0.2) is 29.5 Å². The Labute approximate surface area is 111 Å². The van der Waals surface area contributed by atoms with E-state index >= 15 is 0 Å². The van der Waals surface area contributed by atoms with Gasteiger partial charge >= 0.3 is 6.03 Å². The lowest BCUT2D eigenvalue weighted by Crippen LogP contribution is -2.29. The molecule has 0 radical (unpaired) electrons. The Balaban J connectivity index is 1.89. The van der Waals surface area contributed by atoms with Gasteiger partial charge in [0.05, 0.1) is 12.6 Å². The number of nitrogens with two attached hydrogens (primary N) is 1. The Morgan fingerprint density at radius 3 is 2.63 bits per heavy atom. The van der Waals surface area contributed by atoms with E-state index in [0.29, 0.717) is 12.2 Å². The Hall–Kier alpha value is -2.43. The van der Waals surface area contributed by atoms with Gasteiger partial charge in [-0.25, -0.2) is 4.79 Å². The monoisotopic (exact) mass is 256 g/mol. The van der Waals surface area contributed by atoms with E-state index in [1.54, 1.807) is 9.80 Å². The van der Waals surface area contributed by atoms with Crippen molar-refractivity contribution in [3.8, 4) is 0 Å². The SMILES string of the molecule is CN1C(=O)N(c2ccc(N)cc2)CC1c1cc[nH]c1. The number of nitrogens with zero attached hydrogens (tertiary/aromatic N) is 2. The predicted octanol–water partition coefficient (Wildman–Crippen LogP) is 2.21. The second kappa shape index (κ2) is 4.35. The third-order valence-electron chi connectivity index (χ3n) is 3.57. The number of benzene rings is 1. The van der Waals surface area contributed by atoms with Crippen LogP contribution in [0.25, 0.3) is 0 Å². The van der Waals surface area contributed by atoms with Crippen molar-refractivity contribution in [1.82, 2.24) is 9.88 Å². The number of nitrogens with one attached hydrogen (secondary N) is 1. The molecule has 5 nitrogen and oxygen atoms in total. The lowest BCUT2D eigenvalue weighted by atomic mass is 10.1. The molecular weight excluding hydrogens is 240 g/mol. The third-order valence-corrected chi connectivity index (χ3v) is 3.57. The molecule has 3 rings (SSSR count). The summed E-state index contributed by atoms with van der Waals surface area (Å²) < 4.78 is 0. The van der Waals surface area contributed by atoms with Gasteiger partial charge in [0.2, 0.25) is 0 Å². The van der Waals surface area contributed by atoms with Crippen molar-refractivity contribution in [3.05, 3.63) is 48.3 Å². The van der Waals surface area contributed by atoms with Crippen molar-refractivity contribution in [2.75, 3.05) is 24.2 Å². The van der Waals surface area contributed by atoms with E-state index in [2.05, 4.69) is 4.98 Å². The van der Waals surface area contributed by atoms with E-state index in [1.165, 1.54) is 0 Å².